The van der Waals surface area contributed by atoms with Crippen molar-refractivity contribution in [3.8, 4) is 0 Å². The minimum atomic E-state index is -0.250. The molecule has 0 saturated carbocycles. The van der Waals surface area contributed by atoms with Crippen LogP contribution in [0.2, 0.25) is 0 Å². The minimum absolute atomic E-state index is 0.0609. The van der Waals surface area contributed by atoms with Gasteiger partial charge in [0.25, 0.3) is 6.47 Å². The molecule has 10 heteroatoms. The number of nitrogens with zero attached hydrogens (tertiary/aromatic N) is 5. The number of hydrogen-bond donors (Lipinski definition) is 3. The van der Waals surface area contributed by atoms with E-state index in [9.17, 15) is 4.79 Å². The van der Waals surface area contributed by atoms with Gasteiger partial charge in [0, 0.05) is 49.8 Å². The van der Waals surface area contributed by atoms with Gasteiger partial charge in [-0.3, -0.25) is 19.4 Å². The molecule has 0 fully saturated rings. The van der Waals surface area contributed by atoms with Gasteiger partial charge in [-0.05, 0) is 31.2 Å². The maximum atomic E-state index is 13.0. The molecule has 0 spiro atoms. The lowest BCUT2D eigenvalue weighted by Gasteiger charge is -2.31. The largest absolute Gasteiger partial charge is 0.483 e. The summed E-state index contributed by atoms with van der Waals surface area (Å²) in [6.07, 6.45) is 11.4. The highest BCUT2D eigenvalue weighted by molar-refractivity contribution is 5.77. The van der Waals surface area contributed by atoms with Crippen molar-refractivity contribution in [2.45, 2.75) is 51.0 Å². The highest BCUT2D eigenvalue weighted by Gasteiger charge is 2.32. The Morgan fingerprint density at radius 3 is 2.90 bits per heavy atom. The highest BCUT2D eigenvalue weighted by Crippen LogP contribution is 2.31. The van der Waals surface area contributed by atoms with E-state index >= 15 is 0 Å². The van der Waals surface area contributed by atoms with Crippen LogP contribution in [0.25, 0.3) is 0 Å². The van der Waals surface area contributed by atoms with E-state index in [1.165, 1.54) is 24.1 Å². The summed E-state index contributed by atoms with van der Waals surface area (Å²) >= 11 is 0. The van der Waals surface area contributed by atoms with Crippen LogP contribution in [0.4, 0.5) is 0 Å². The van der Waals surface area contributed by atoms with Gasteiger partial charge >= 0.3 is 0 Å². The second-order valence-corrected chi connectivity index (χ2v) is 7.98. The lowest BCUT2D eigenvalue weighted by atomic mass is 9.92. The van der Waals surface area contributed by atoms with Gasteiger partial charge in [0.05, 0.1) is 36.2 Å². The standard InChI is InChI=1S/C20H25N7O.CH2O2/c1-26-9-13(8-23-26)15-10-27(11-18-20(15)22-12-21-18)19(28)7-6-17-14-4-2-3-5-16(14)24-25-17;2-1-3/h8-9,12,15H,2-7,10-11H2,1H3,(H,21,22)(H,24,25);1H,(H,2,3). The van der Waals surface area contributed by atoms with Crippen molar-refractivity contribution in [2.75, 3.05) is 6.54 Å². The molecule has 0 radical (unpaired) electrons. The van der Waals surface area contributed by atoms with Crippen LogP contribution in [0.3, 0.4) is 0 Å². The van der Waals surface area contributed by atoms with Gasteiger partial charge in [-0.2, -0.15) is 10.2 Å². The van der Waals surface area contributed by atoms with Gasteiger partial charge in [0.2, 0.25) is 5.91 Å². The number of H-pyrrole nitrogens is 2. The van der Waals surface area contributed by atoms with Crippen LogP contribution in [-0.2, 0) is 42.4 Å². The molecule has 1 unspecified atom stereocenters. The number of imidazole rings is 1. The van der Waals surface area contributed by atoms with Gasteiger partial charge in [-0.15, -0.1) is 0 Å². The third kappa shape index (κ3) is 4.37. The third-order valence-corrected chi connectivity index (χ3v) is 6.03. The van der Waals surface area contributed by atoms with Crippen molar-refractivity contribution in [2.24, 2.45) is 7.05 Å². The van der Waals surface area contributed by atoms with E-state index in [-0.39, 0.29) is 18.3 Å². The zero-order valence-electron chi connectivity index (χ0n) is 17.5. The zero-order chi connectivity index (χ0) is 21.8. The Hall–Kier alpha value is -3.43. The Bertz CT molecular complexity index is 1050. The molecule has 3 aromatic heterocycles. The fraction of sp³-hybridized carbons (Fsp3) is 0.476. The van der Waals surface area contributed by atoms with Crippen LogP contribution in [0.15, 0.2) is 18.7 Å². The number of fused-ring (bicyclic) bond motifs is 2. The van der Waals surface area contributed by atoms with E-state index in [2.05, 4.69) is 25.3 Å². The molecule has 1 amide bonds. The van der Waals surface area contributed by atoms with Crippen LogP contribution in [-0.4, -0.2) is 58.9 Å². The summed E-state index contributed by atoms with van der Waals surface area (Å²) < 4.78 is 1.79. The Morgan fingerprint density at radius 2 is 2.13 bits per heavy atom. The van der Waals surface area contributed by atoms with Gasteiger partial charge < -0.3 is 15.0 Å². The number of nitrogens with one attached hydrogen (secondary N) is 2. The summed E-state index contributed by atoms with van der Waals surface area (Å²) in [5, 5.41) is 18.8. The summed E-state index contributed by atoms with van der Waals surface area (Å²) in [6, 6.07) is 0. The van der Waals surface area contributed by atoms with Crippen LogP contribution in [0.5, 0.6) is 0 Å². The first-order chi connectivity index (χ1) is 15.1. The van der Waals surface area contributed by atoms with Crippen LogP contribution in [0.1, 0.15) is 59.1 Å². The molecule has 5 rings (SSSR count). The quantitative estimate of drug-likeness (QED) is 0.543. The summed E-state index contributed by atoms with van der Waals surface area (Å²) in [7, 11) is 1.91. The molecule has 1 atom stereocenters. The van der Waals surface area contributed by atoms with Crippen LogP contribution >= 0.6 is 0 Å². The maximum absolute atomic E-state index is 13.0. The van der Waals surface area contributed by atoms with Crippen molar-refractivity contribution < 1.29 is 14.7 Å². The first-order valence-corrected chi connectivity index (χ1v) is 10.5. The SMILES string of the molecule is Cn1cc(C2CN(C(=O)CCc3n[nH]c4c3CCCC4)Cc3[nH]cnc32)cn1.O=CO. The molecule has 31 heavy (non-hydrogen) atoms. The normalized spacial score (nSPS) is 17.3. The predicted octanol–water partition coefficient (Wildman–Crippen LogP) is 1.55. The Morgan fingerprint density at radius 1 is 1.32 bits per heavy atom. The second-order valence-electron chi connectivity index (χ2n) is 7.98. The van der Waals surface area contributed by atoms with Crippen molar-refractivity contribution in [3.05, 3.63) is 52.6 Å². The van der Waals surface area contributed by atoms with E-state index in [1.807, 2.05) is 24.3 Å². The monoisotopic (exact) mass is 425 g/mol. The molecule has 2 aliphatic rings. The summed E-state index contributed by atoms with van der Waals surface area (Å²) in [5.41, 5.74) is 6.83. The first kappa shape index (κ1) is 20.8. The fourth-order valence-electron chi connectivity index (χ4n) is 4.53. The number of hydrogen-bond acceptors (Lipinski definition) is 5. The van der Waals surface area contributed by atoms with Crippen molar-refractivity contribution >= 4 is 12.4 Å². The number of aromatic amines is 2. The fourth-order valence-corrected chi connectivity index (χ4v) is 4.53. The number of carboxylic acid groups (broad SMARTS) is 1. The Kier molecular flexibility index (Phi) is 6.15. The number of aromatic nitrogens is 6. The number of rotatable bonds is 4. The zero-order valence-corrected chi connectivity index (χ0v) is 17.5. The Labute approximate surface area is 179 Å². The van der Waals surface area contributed by atoms with E-state index in [4.69, 9.17) is 9.90 Å². The molecular weight excluding hydrogens is 398 g/mol. The molecule has 0 aromatic carbocycles. The third-order valence-electron chi connectivity index (χ3n) is 6.03. The van der Waals surface area contributed by atoms with Gasteiger partial charge in [-0.25, -0.2) is 4.98 Å². The average molecular weight is 425 g/mol. The molecule has 3 N–H and O–H groups in total. The topological polar surface area (TPSA) is 133 Å². The molecular formula is C21H27N7O3. The average Bonchev–Trinajstić information content (AvgIpc) is 3.51. The van der Waals surface area contributed by atoms with E-state index in [0.717, 1.165) is 35.5 Å². The molecule has 0 bridgehead atoms. The van der Waals surface area contributed by atoms with Gasteiger partial charge in [-0.1, -0.05) is 0 Å². The summed E-state index contributed by atoms with van der Waals surface area (Å²) in [6.45, 7) is 0.977. The molecule has 3 aromatic rings. The smallest absolute Gasteiger partial charge is 0.290 e. The van der Waals surface area contributed by atoms with Crippen molar-refractivity contribution in [1.82, 2.24) is 34.8 Å². The summed E-state index contributed by atoms with van der Waals surface area (Å²) in [4.78, 5) is 31.0. The van der Waals surface area contributed by atoms with Gasteiger partial charge in [0.15, 0.2) is 0 Å². The highest BCUT2D eigenvalue weighted by atomic mass is 16.3. The minimum Gasteiger partial charge on any atom is -0.483 e. The molecule has 10 nitrogen and oxygen atoms in total. The molecule has 4 heterocycles. The maximum Gasteiger partial charge on any atom is 0.290 e. The first-order valence-electron chi connectivity index (χ1n) is 10.5. The van der Waals surface area contributed by atoms with Crippen molar-refractivity contribution in [1.29, 1.82) is 0 Å². The van der Waals surface area contributed by atoms with Crippen LogP contribution in [0, 0.1) is 0 Å². The van der Waals surface area contributed by atoms with Crippen LogP contribution < -0.4 is 0 Å². The molecule has 1 aliphatic heterocycles. The number of aryl methyl sites for hydroxylation is 3. The van der Waals surface area contributed by atoms with Crippen molar-refractivity contribution in [3.63, 3.8) is 0 Å². The molecule has 164 valence electrons. The summed E-state index contributed by atoms with van der Waals surface area (Å²) in [5.74, 6) is 0.229. The lowest BCUT2D eigenvalue weighted by Crippen LogP contribution is -2.38. The molecule has 1 aliphatic carbocycles. The second kappa shape index (κ2) is 9.15. The number of carbonyl (C=O) groups excluding carboxylic acids is 1. The van der Waals surface area contributed by atoms with E-state index in [0.29, 0.717) is 25.9 Å². The van der Waals surface area contributed by atoms with Gasteiger partial charge in [0.1, 0.15) is 0 Å². The van der Waals surface area contributed by atoms with E-state index in [1.54, 1.807) is 11.0 Å². The Balaban J connectivity index is 0.000000730. The predicted molar refractivity (Wildman–Crippen MR) is 111 cm³/mol. The lowest BCUT2D eigenvalue weighted by molar-refractivity contribution is -0.132. The molecule has 0 saturated heterocycles. The van der Waals surface area contributed by atoms with E-state index < -0.39 is 0 Å². The number of amides is 1. The number of carbonyl (C=O) groups is 2.